The number of amides is 2. The summed E-state index contributed by atoms with van der Waals surface area (Å²) in [4.78, 5) is 25.1. The monoisotopic (exact) mass is 278 g/mol. The lowest BCUT2D eigenvalue weighted by Crippen LogP contribution is -2.38. The molecule has 1 aromatic carbocycles. The molecule has 0 heterocycles. The molecular weight excluding hydrogens is 256 g/mol. The van der Waals surface area contributed by atoms with Crippen molar-refractivity contribution in [2.75, 3.05) is 38.2 Å². The van der Waals surface area contributed by atoms with Crippen LogP contribution in [0.2, 0.25) is 0 Å². The molecule has 0 aliphatic carbocycles. The summed E-state index contributed by atoms with van der Waals surface area (Å²) in [6.07, 6.45) is 0. The molecule has 0 bridgehead atoms. The van der Waals surface area contributed by atoms with Gasteiger partial charge in [-0.3, -0.25) is 14.5 Å². The molecule has 0 saturated carbocycles. The summed E-state index contributed by atoms with van der Waals surface area (Å²) in [6.45, 7) is 2.56. The fourth-order valence-corrected chi connectivity index (χ4v) is 1.92. The maximum atomic E-state index is 11.9. The minimum absolute atomic E-state index is 0.0342. The summed E-state index contributed by atoms with van der Waals surface area (Å²) < 4.78 is 0. The van der Waals surface area contributed by atoms with Gasteiger partial charge >= 0.3 is 0 Å². The summed E-state index contributed by atoms with van der Waals surface area (Å²) >= 11 is 0. The number of nitrogen functional groups attached to an aromatic ring is 1. The fraction of sp³-hybridized carbons (Fsp3) is 0.429. The summed E-state index contributed by atoms with van der Waals surface area (Å²) in [5.74, 6) is -0.333. The molecule has 2 amide bonds. The third-order valence-corrected chi connectivity index (χ3v) is 2.86. The van der Waals surface area contributed by atoms with Crippen LogP contribution in [0.5, 0.6) is 0 Å². The number of anilines is 2. The zero-order valence-electron chi connectivity index (χ0n) is 12.1. The molecule has 0 spiro atoms. The number of likely N-dealkylation sites (N-methyl/N-ethyl adjacent to an activating group) is 1. The van der Waals surface area contributed by atoms with Crippen molar-refractivity contribution in [2.45, 2.75) is 6.92 Å². The molecule has 1 rings (SSSR count). The Balaban J connectivity index is 2.44. The summed E-state index contributed by atoms with van der Waals surface area (Å²) in [5.41, 5.74) is 6.91. The first-order chi connectivity index (χ1) is 9.42. The number of nitrogens with zero attached hydrogens (tertiary/aromatic N) is 1. The highest BCUT2D eigenvalue weighted by molar-refractivity contribution is 5.92. The number of hydrogen-bond donors (Lipinski definition) is 3. The highest BCUT2D eigenvalue weighted by Crippen LogP contribution is 2.11. The van der Waals surface area contributed by atoms with Crippen LogP contribution < -0.4 is 16.4 Å². The van der Waals surface area contributed by atoms with E-state index in [4.69, 9.17) is 5.73 Å². The van der Waals surface area contributed by atoms with E-state index >= 15 is 0 Å². The van der Waals surface area contributed by atoms with Gasteiger partial charge in [0.25, 0.3) is 0 Å². The van der Waals surface area contributed by atoms with Gasteiger partial charge in [-0.15, -0.1) is 0 Å². The van der Waals surface area contributed by atoms with Gasteiger partial charge in [0.15, 0.2) is 0 Å². The molecule has 1 unspecified atom stereocenters. The quantitative estimate of drug-likeness (QED) is 0.662. The second-order valence-electron chi connectivity index (χ2n) is 4.89. The second kappa shape index (κ2) is 7.49. The van der Waals surface area contributed by atoms with Crippen LogP contribution in [-0.4, -0.2) is 43.9 Å². The van der Waals surface area contributed by atoms with Gasteiger partial charge in [-0.25, -0.2) is 0 Å². The van der Waals surface area contributed by atoms with E-state index in [2.05, 4.69) is 10.6 Å². The van der Waals surface area contributed by atoms with Gasteiger partial charge in [-0.05, 0) is 25.2 Å². The third kappa shape index (κ3) is 5.27. The van der Waals surface area contributed by atoms with Crippen molar-refractivity contribution in [1.82, 2.24) is 10.2 Å². The highest BCUT2D eigenvalue weighted by Gasteiger charge is 2.15. The molecule has 20 heavy (non-hydrogen) atoms. The fourth-order valence-electron chi connectivity index (χ4n) is 1.92. The number of rotatable bonds is 6. The Labute approximate surface area is 119 Å². The first-order valence-corrected chi connectivity index (χ1v) is 6.48. The Bertz CT molecular complexity index is 476. The average molecular weight is 278 g/mol. The number of carbonyl (C=O) groups excluding carboxylic acids is 2. The standard InChI is InChI=1S/C14H22N4O2/c1-10(14(20)16-2)8-18(3)9-13(19)17-12-6-4-5-11(15)7-12/h4-7,10H,8-9,15H2,1-3H3,(H,16,20)(H,17,19). The normalized spacial score (nSPS) is 12.0. The third-order valence-electron chi connectivity index (χ3n) is 2.86. The smallest absolute Gasteiger partial charge is 0.238 e. The van der Waals surface area contributed by atoms with Crippen LogP contribution in [0.25, 0.3) is 0 Å². The Morgan fingerprint density at radius 3 is 2.70 bits per heavy atom. The molecule has 4 N–H and O–H groups in total. The topological polar surface area (TPSA) is 87.5 Å². The first kappa shape index (κ1) is 16.0. The minimum Gasteiger partial charge on any atom is -0.399 e. The molecule has 0 aliphatic rings. The average Bonchev–Trinajstić information content (AvgIpc) is 2.37. The van der Waals surface area contributed by atoms with Crippen LogP contribution in [0.1, 0.15) is 6.92 Å². The predicted octanol–water partition coefficient (Wildman–Crippen LogP) is 0.521. The van der Waals surface area contributed by atoms with Gasteiger partial charge in [-0.2, -0.15) is 0 Å². The number of hydrogen-bond acceptors (Lipinski definition) is 4. The van der Waals surface area contributed by atoms with Crippen molar-refractivity contribution < 1.29 is 9.59 Å². The molecule has 110 valence electrons. The van der Waals surface area contributed by atoms with E-state index in [0.29, 0.717) is 17.9 Å². The Morgan fingerprint density at radius 1 is 1.40 bits per heavy atom. The molecule has 6 heteroatoms. The maximum absolute atomic E-state index is 11.9. The van der Waals surface area contributed by atoms with E-state index in [0.717, 1.165) is 0 Å². The summed E-state index contributed by atoms with van der Waals surface area (Å²) in [7, 11) is 3.41. The van der Waals surface area contributed by atoms with Crippen LogP contribution in [0, 0.1) is 5.92 Å². The van der Waals surface area contributed by atoms with Crippen LogP contribution in [0.3, 0.4) is 0 Å². The number of benzene rings is 1. The SMILES string of the molecule is CNC(=O)C(C)CN(C)CC(=O)Nc1cccc(N)c1. The van der Waals surface area contributed by atoms with Gasteiger partial charge in [0.1, 0.15) is 0 Å². The second-order valence-corrected chi connectivity index (χ2v) is 4.89. The largest absolute Gasteiger partial charge is 0.399 e. The summed E-state index contributed by atoms with van der Waals surface area (Å²) in [5, 5.41) is 5.36. The van der Waals surface area contributed by atoms with E-state index in [9.17, 15) is 9.59 Å². The van der Waals surface area contributed by atoms with Gasteiger partial charge in [0.05, 0.1) is 6.54 Å². The maximum Gasteiger partial charge on any atom is 0.238 e. The van der Waals surface area contributed by atoms with Gasteiger partial charge in [-0.1, -0.05) is 13.0 Å². The molecule has 0 aliphatic heterocycles. The van der Waals surface area contributed by atoms with Gasteiger partial charge in [0.2, 0.25) is 11.8 Å². The van der Waals surface area contributed by atoms with Crippen LogP contribution in [-0.2, 0) is 9.59 Å². The van der Waals surface area contributed by atoms with Gasteiger partial charge < -0.3 is 16.4 Å². The van der Waals surface area contributed by atoms with Gasteiger partial charge in [0, 0.05) is 30.9 Å². The van der Waals surface area contributed by atoms with E-state index in [1.54, 1.807) is 38.4 Å². The van der Waals surface area contributed by atoms with E-state index < -0.39 is 0 Å². The minimum atomic E-state index is -0.162. The lowest BCUT2D eigenvalue weighted by atomic mass is 10.1. The summed E-state index contributed by atoms with van der Waals surface area (Å²) in [6, 6.07) is 7.02. The van der Waals surface area contributed by atoms with E-state index in [1.165, 1.54) is 0 Å². The lowest BCUT2D eigenvalue weighted by molar-refractivity contribution is -0.125. The van der Waals surface area contributed by atoms with Crippen molar-refractivity contribution in [3.8, 4) is 0 Å². The lowest BCUT2D eigenvalue weighted by Gasteiger charge is -2.19. The first-order valence-electron chi connectivity index (χ1n) is 6.48. The van der Waals surface area contributed by atoms with Crippen LogP contribution >= 0.6 is 0 Å². The molecule has 6 nitrogen and oxygen atoms in total. The zero-order valence-corrected chi connectivity index (χ0v) is 12.1. The Kier molecular flexibility index (Phi) is 5.99. The van der Waals surface area contributed by atoms with Crippen molar-refractivity contribution in [2.24, 2.45) is 5.92 Å². The number of nitrogens with one attached hydrogen (secondary N) is 2. The zero-order chi connectivity index (χ0) is 15.1. The van der Waals surface area contributed by atoms with E-state index in [-0.39, 0.29) is 24.3 Å². The van der Waals surface area contributed by atoms with Crippen LogP contribution in [0.4, 0.5) is 11.4 Å². The molecule has 1 atom stereocenters. The molecule has 0 fully saturated rings. The molecule has 1 aromatic rings. The molecule has 0 radical (unpaired) electrons. The van der Waals surface area contributed by atoms with Crippen molar-refractivity contribution in [1.29, 1.82) is 0 Å². The molecular formula is C14H22N4O2. The number of nitrogens with two attached hydrogens (primary N) is 1. The molecule has 0 aromatic heterocycles. The van der Waals surface area contributed by atoms with Crippen molar-refractivity contribution >= 4 is 23.2 Å². The van der Waals surface area contributed by atoms with Crippen LogP contribution in [0.15, 0.2) is 24.3 Å². The predicted molar refractivity (Wildman–Crippen MR) is 80.2 cm³/mol. The molecule has 0 saturated heterocycles. The van der Waals surface area contributed by atoms with Crippen molar-refractivity contribution in [3.05, 3.63) is 24.3 Å². The Hall–Kier alpha value is -2.08. The van der Waals surface area contributed by atoms with E-state index in [1.807, 2.05) is 11.8 Å². The Morgan fingerprint density at radius 2 is 2.10 bits per heavy atom. The van der Waals surface area contributed by atoms with Crippen molar-refractivity contribution in [3.63, 3.8) is 0 Å². The highest BCUT2D eigenvalue weighted by atomic mass is 16.2. The number of carbonyl (C=O) groups is 2.